The number of rotatable bonds is 6. The molecule has 2 aromatic carbocycles. The smallest absolute Gasteiger partial charge is 0.339 e. The number of hydrogen-bond acceptors (Lipinski definition) is 4. The van der Waals surface area contributed by atoms with Crippen LogP contribution < -0.4 is 14.8 Å². The first-order valence-corrected chi connectivity index (χ1v) is 8.47. The molecule has 0 aliphatic carbocycles. The fourth-order valence-electron chi connectivity index (χ4n) is 3.16. The highest BCUT2D eigenvalue weighted by atomic mass is 16.5. The summed E-state index contributed by atoms with van der Waals surface area (Å²) >= 11 is 0. The second kappa shape index (κ2) is 7.91. The number of carboxylic acid groups (broad SMARTS) is 1. The van der Waals surface area contributed by atoms with Gasteiger partial charge in [-0.1, -0.05) is 24.3 Å². The van der Waals surface area contributed by atoms with E-state index in [1.165, 1.54) is 13.2 Å². The first-order chi connectivity index (χ1) is 12.6. The van der Waals surface area contributed by atoms with Gasteiger partial charge in [-0.3, -0.25) is 4.79 Å². The summed E-state index contributed by atoms with van der Waals surface area (Å²) in [7, 11) is 1.43. The quantitative estimate of drug-likeness (QED) is 0.832. The zero-order chi connectivity index (χ0) is 18.5. The van der Waals surface area contributed by atoms with Gasteiger partial charge in [0.2, 0.25) is 5.91 Å². The molecular formula is C20H21NO5. The monoisotopic (exact) mass is 355 g/mol. The van der Waals surface area contributed by atoms with Gasteiger partial charge in [-0.25, -0.2) is 4.79 Å². The molecule has 1 heterocycles. The van der Waals surface area contributed by atoms with Gasteiger partial charge in [-0.15, -0.1) is 0 Å². The van der Waals surface area contributed by atoms with Crippen molar-refractivity contribution in [1.29, 1.82) is 0 Å². The molecule has 0 spiro atoms. The van der Waals surface area contributed by atoms with Crippen LogP contribution in [0.15, 0.2) is 42.5 Å². The molecule has 2 aromatic rings. The van der Waals surface area contributed by atoms with Crippen molar-refractivity contribution in [3.63, 3.8) is 0 Å². The molecule has 1 atom stereocenters. The molecule has 3 rings (SSSR count). The van der Waals surface area contributed by atoms with Crippen LogP contribution in [0.2, 0.25) is 0 Å². The van der Waals surface area contributed by atoms with Crippen LogP contribution in [0.5, 0.6) is 11.5 Å². The average molecular weight is 355 g/mol. The number of benzene rings is 2. The third-order valence-electron chi connectivity index (χ3n) is 4.50. The molecule has 1 aliphatic rings. The summed E-state index contributed by atoms with van der Waals surface area (Å²) in [5, 5.41) is 12.1. The normalized spacial score (nSPS) is 15.5. The summed E-state index contributed by atoms with van der Waals surface area (Å²) in [4.78, 5) is 23.6. The number of amides is 1. The van der Waals surface area contributed by atoms with Crippen molar-refractivity contribution < 1.29 is 24.2 Å². The molecule has 0 saturated heterocycles. The van der Waals surface area contributed by atoms with Crippen molar-refractivity contribution in [2.45, 2.75) is 25.3 Å². The molecule has 6 nitrogen and oxygen atoms in total. The summed E-state index contributed by atoms with van der Waals surface area (Å²) < 4.78 is 10.7. The molecule has 0 unspecified atom stereocenters. The largest absolute Gasteiger partial charge is 0.496 e. The molecule has 1 amide bonds. The maximum absolute atomic E-state index is 12.3. The third-order valence-corrected chi connectivity index (χ3v) is 4.50. The van der Waals surface area contributed by atoms with Gasteiger partial charge < -0.3 is 19.9 Å². The van der Waals surface area contributed by atoms with E-state index in [-0.39, 0.29) is 23.9 Å². The number of para-hydroxylation sites is 1. The molecule has 0 bridgehead atoms. The Hall–Kier alpha value is -3.02. The predicted octanol–water partition coefficient (Wildman–Crippen LogP) is 2.97. The summed E-state index contributed by atoms with van der Waals surface area (Å²) in [6.45, 7) is 0.878. The van der Waals surface area contributed by atoms with E-state index in [1.54, 1.807) is 12.1 Å². The van der Waals surface area contributed by atoms with Crippen molar-refractivity contribution in [2.24, 2.45) is 0 Å². The molecule has 0 fully saturated rings. The lowest BCUT2D eigenvalue weighted by Crippen LogP contribution is -2.26. The summed E-state index contributed by atoms with van der Waals surface area (Å²) in [5.74, 6) is 0.142. The van der Waals surface area contributed by atoms with Gasteiger partial charge in [-0.05, 0) is 41.7 Å². The Morgan fingerprint density at radius 1 is 1.27 bits per heavy atom. The van der Waals surface area contributed by atoms with E-state index in [0.29, 0.717) is 24.3 Å². The summed E-state index contributed by atoms with van der Waals surface area (Å²) in [6.07, 6.45) is 1.18. The van der Waals surface area contributed by atoms with Crippen molar-refractivity contribution in [1.82, 2.24) is 5.32 Å². The first kappa shape index (κ1) is 17.8. The Morgan fingerprint density at radius 2 is 2.08 bits per heavy atom. The lowest BCUT2D eigenvalue weighted by molar-refractivity contribution is -0.121. The van der Waals surface area contributed by atoms with E-state index in [9.17, 15) is 14.7 Å². The minimum absolute atomic E-state index is 0.0700. The molecule has 0 aromatic heterocycles. The van der Waals surface area contributed by atoms with Crippen LogP contribution in [0, 0.1) is 0 Å². The highest BCUT2D eigenvalue weighted by Crippen LogP contribution is 2.35. The van der Waals surface area contributed by atoms with Crippen LogP contribution >= 0.6 is 0 Å². The van der Waals surface area contributed by atoms with Crippen LogP contribution in [0.1, 0.15) is 40.2 Å². The lowest BCUT2D eigenvalue weighted by atomic mass is 9.90. The predicted molar refractivity (Wildman–Crippen MR) is 95.7 cm³/mol. The molecule has 2 N–H and O–H groups in total. The number of nitrogens with one attached hydrogen (secondary N) is 1. The second-order valence-corrected chi connectivity index (χ2v) is 6.19. The van der Waals surface area contributed by atoms with Gasteiger partial charge >= 0.3 is 5.97 Å². The Kier molecular flexibility index (Phi) is 5.41. The van der Waals surface area contributed by atoms with E-state index in [0.717, 1.165) is 17.7 Å². The number of carbonyl (C=O) groups excluding carboxylic acids is 1. The van der Waals surface area contributed by atoms with E-state index in [4.69, 9.17) is 9.47 Å². The van der Waals surface area contributed by atoms with Crippen LogP contribution in [-0.4, -0.2) is 30.7 Å². The third kappa shape index (κ3) is 3.96. The van der Waals surface area contributed by atoms with E-state index >= 15 is 0 Å². The van der Waals surface area contributed by atoms with Gasteiger partial charge in [0, 0.05) is 13.0 Å². The molecule has 6 heteroatoms. The summed E-state index contributed by atoms with van der Waals surface area (Å²) in [6, 6.07) is 12.6. The zero-order valence-corrected chi connectivity index (χ0v) is 14.5. The van der Waals surface area contributed by atoms with Gasteiger partial charge in [0.25, 0.3) is 0 Å². The number of hydrogen-bond donors (Lipinski definition) is 2. The van der Waals surface area contributed by atoms with E-state index in [1.807, 2.05) is 24.3 Å². The molecular weight excluding hydrogens is 334 g/mol. The van der Waals surface area contributed by atoms with Crippen molar-refractivity contribution in [2.75, 3.05) is 13.7 Å². The average Bonchev–Trinajstić information content (AvgIpc) is 2.66. The zero-order valence-electron chi connectivity index (χ0n) is 14.5. The molecule has 1 aliphatic heterocycles. The lowest BCUT2D eigenvalue weighted by Gasteiger charge is -2.25. The van der Waals surface area contributed by atoms with Gasteiger partial charge in [0.15, 0.2) is 0 Å². The highest BCUT2D eigenvalue weighted by molar-refractivity contribution is 5.91. The fourth-order valence-corrected chi connectivity index (χ4v) is 3.16. The minimum atomic E-state index is -1.06. The standard InChI is InChI=1S/C20H21NO5/c1-25-17-7-6-13(10-16(17)20(23)24)12-21-19(22)11-14-8-9-26-18-5-3-2-4-15(14)18/h2-7,10,14H,8-9,11-12H2,1H3,(H,21,22)(H,23,24)/t14-/m0/s1. The van der Waals surface area contributed by atoms with E-state index in [2.05, 4.69) is 5.32 Å². The number of carbonyl (C=O) groups is 2. The van der Waals surface area contributed by atoms with E-state index < -0.39 is 5.97 Å². The Labute approximate surface area is 151 Å². The molecule has 26 heavy (non-hydrogen) atoms. The maximum atomic E-state index is 12.3. The number of methoxy groups -OCH3 is 1. The van der Waals surface area contributed by atoms with Gasteiger partial charge in [-0.2, -0.15) is 0 Å². The van der Waals surface area contributed by atoms with Crippen LogP contribution in [-0.2, 0) is 11.3 Å². The van der Waals surface area contributed by atoms with Crippen molar-refractivity contribution in [3.05, 3.63) is 59.2 Å². The molecule has 0 saturated carbocycles. The van der Waals surface area contributed by atoms with Crippen LogP contribution in [0.25, 0.3) is 0 Å². The Bertz CT molecular complexity index is 818. The number of fused-ring (bicyclic) bond motifs is 1. The highest BCUT2D eigenvalue weighted by Gasteiger charge is 2.23. The fraction of sp³-hybridized carbons (Fsp3) is 0.300. The SMILES string of the molecule is COc1ccc(CNC(=O)C[C@@H]2CCOc3ccccc32)cc1C(=O)O. The van der Waals surface area contributed by atoms with Crippen LogP contribution in [0.3, 0.4) is 0 Å². The summed E-state index contributed by atoms with van der Waals surface area (Å²) in [5.41, 5.74) is 1.85. The topological polar surface area (TPSA) is 84.9 Å². The van der Waals surface area contributed by atoms with Crippen molar-refractivity contribution in [3.8, 4) is 11.5 Å². The number of aromatic carboxylic acids is 1. The van der Waals surface area contributed by atoms with Gasteiger partial charge in [0.1, 0.15) is 17.1 Å². The van der Waals surface area contributed by atoms with Gasteiger partial charge in [0.05, 0.1) is 13.7 Å². The maximum Gasteiger partial charge on any atom is 0.339 e. The first-order valence-electron chi connectivity index (χ1n) is 8.47. The second-order valence-electron chi connectivity index (χ2n) is 6.19. The minimum Gasteiger partial charge on any atom is -0.496 e. The number of ether oxygens (including phenoxy) is 2. The Balaban J connectivity index is 1.62. The van der Waals surface area contributed by atoms with Crippen molar-refractivity contribution >= 4 is 11.9 Å². The number of carboxylic acids is 1. The molecule has 0 radical (unpaired) electrons. The Morgan fingerprint density at radius 3 is 2.85 bits per heavy atom. The molecule has 136 valence electrons. The van der Waals surface area contributed by atoms with Crippen LogP contribution in [0.4, 0.5) is 0 Å².